The highest BCUT2D eigenvalue weighted by molar-refractivity contribution is 7.90. The minimum Gasteiger partial charge on any atom is -0.507 e. The number of aryl methyl sites for hydroxylation is 2. The summed E-state index contributed by atoms with van der Waals surface area (Å²) in [4.78, 5) is 81.3. The van der Waals surface area contributed by atoms with E-state index in [4.69, 9.17) is 30.4 Å². The SMILES string of the molecule is Cc1cc(C[C@H](NC(=O)[C@H](Cc2ccc(OC(C)(C)C)cc2)NCCCCCCN=C(NC(=O)OC(C)(C)C)NC(=O)OC(C)(C)C)C(=O)N([C@H](C)c2ccc3ccccc3c2)[C@@H](CCCN=C(N)NS(=O)(=O)c2c(C)c(C)c3c(c2C)CCC(C)(C)O3)C(N)=O)cc(C)c1O. The summed E-state index contributed by atoms with van der Waals surface area (Å²) in [5.74, 6) is -0.980. The van der Waals surface area contributed by atoms with E-state index in [9.17, 15) is 27.9 Å². The number of aromatic hydroxyl groups is 1. The Kier molecular flexibility index (Phi) is 26.0. The zero-order valence-corrected chi connectivity index (χ0v) is 60.2. The summed E-state index contributed by atoms with van der Waals surface area (Å²) in [5, 5.41) is 24.4. The van der Waals surface area contributed by atoms with Gasteiger partial charge in [0.15, 0.2) is 0 Å². The molecule has 0 aromatic heterocycles. The van der Waals surface area contributed by atoms with Gasteiger partial charge >= 0.3 is 12.2 Å². The minimum absolute atomic E-state index is 0.0300. The largest absolute Gasteiger partial charge is 0.507 e. The Morgan fingerprint density at radius 1 is 0.698 bits per heavy atom. The summed E-state index contributed by atoms with van der Waals surface area (Å²) in [6.45, 7) is 31.4. The summed E-state index contributed by atoms with van der Waals surface area (Å²) in [5.41, 5.74) is 16.2. The molecule has 6 rings (SSSR count). The van der Waals surface area contributed by atoms with Gasteiger partial charge in [-0.2, -0.15) is 0 Å². The number of primary amides is 1. The maximum absolute atomic E-state index is 16.1. The molecule has 0 bridgehead atoms. The van der Waals surface area contributed by atoms with Crippen molar-refractivity contribution in [3.63, 3.8) is 0 Å². The molecule has 4 atom stereocenters. The second-order valence-electron chi connectivity index (χ2n) is 28.6. The van der Waals surface area contributed by atoms with Gasteiger partial charge in [0, 0.05) is 19.5 Å². The first-order chi connectivity index (χ1) is 44.7. The summed E-state index contributed by atoms with van der Waals surface area (Å²) in [6.07, 6.45) is 2.59. The van der Waals surface area contributed by atoms with Crippen molar-refractivity contribution < 1.29 is 56.4 Å². The van der Waals surface area contributed by atoms with Gasteiger partial charge in [-0.05, 0) is 248 Å². The van der Waals surface area contributed by atoms with Crippen molar-refractivity contribution >= 4 is 62.6 Å². The van der Waals surface area contributed by atoms with E-state index in [1.807, 2.05) is 108 Å². The van der Waals surface area contributed by atoms with E-state index in [2.05, 4.69) is 36.0 Å². The number of carbonyl (C=O) groups is 5. The number of benzene rings is 5. The fourth-order valence-corrected chi connectivity index (χ4v) is 13.2. The molecule has 524 valence electrons. The Hall–Kier alpha value is -8.44. The van der Waals surface area contributed by atoms with E-state index in [0.717, 1.165) is 27.5 Å². The van der Waals surface area contributed by atoms with Crippen molar-refractivity contribution in [3.05, 3.63) is 129 Å². The van der Waals surface area contributed by atoms with Gasteiger partial charge in [0.1, 0.15) is 51.7 Å². The van der Waals surface area contributed by atoms with Gasteiger partial charge in [-0.25, -0.2) is 22.7 Å². The minimum atomic E-state index is -4.24. The first kappa shape index (κ1) is 76.6. The number of nitrogens with two attached hydrogens (primary N) is 2. The van der Waals surface area contributed by atoms with Crippen LogP contribution in [0.3, 0.4) is 0 Å². The lowest BCUT2D eigenvalue weighted by Crippen LogP contribution is -2.58. The van der Waals surface area contributed by atoms with Crippen molar-refractivity contribution in [2.45, 2.75) is 233 Å². The average molecular weight is 1350 g/mol. The summed E-state index contributed by atoms with van der Waals surface area (Å²) < 4.78 is 54.1. The first-order valence-electron chi connectivity index (χ1n) is 33.1. The summed E-state index contributed by atoms with van der Waals surface area (Å²) >= 11 is 0. The Bertz CT molecular complexity index is 3720. The number of sulfonamides is 1. The van der Waals surface area contributed by atoms with Crippen molar-refractivity contribution in [2.24, 2.45) is 21.5 Å². The van der Waals surface area contributed by atoms with Gasteiger partial charge in [-0.1, -0.05) is 73.5 Å². The molecule has 5 aromatic carbocycles. The van der Waals surface area contributed by atoms with Crippen LogP contribution >= 0.6 is 0 Å². The molecule has 0 spiro atoms. The highest BCUT2D eigenvalue weighted by Crippen LogP contribution is 2.42. The number of phenols is 1. The van der Waals surface area contributed by atoms with Gasteiger partial charge in [0.25, 0.3) is 10.0 Å². The van der Waals surface area contributed by atoms with Crippen LogP contribution < -0.4 is 46.9 Å². The fourth-order valence-electron chi connectivity index (χ4n) is 11.7. The van der Waals surface area contributed by atoms with E-state index in [1.165, 1.54) is 4.90 Å². The van der Waals surface area contributed by atoms with E-state index >= 15 is 9.59 Å². The molecule has 1 aliphatic heterocycles. The number of hydrogen-bond acceptors (Lipinski definition) is 15. The van der Waals surface area contributed by atoms with Crippen molar-refractivity contribution in [1.82, 2.24) is 30.9 Å². The van der Waals surface area contributed by atoms with Crippen LogP contribution in [0.5, 0.6) is 17.2 Å². The molecule has 23 heteroatoms. The molecule has 5 aromatic rings. The Morgan fingerprint density at radius 3 is 1.88 bits per heavy atom. The quantitative estimate of drug-likeness (QED) is 0.0145. The molecule has 22 nitrogen and oxygen atoms in total. The summed E-state index contributed by atoms with van der Waals surface area (Å²) in [7, 11) is -4.24. The number of unbranched alkanes of at least 4 members (excludes halogenated alkanes) is 3. The number of fused-ring (bicyclic) bond motifs is 2. The molecular formula is C73H104N10O12S. The molecule has 0 aliphatic carbocycles. The number of nitrogens with zero attached hydrogens (tertiary/aromatic N) is 3. The van der Waals surface area contributed by atoms with Crippen LogP contribution in [0.25, 0.3) is 10.8 Å². The number of alkyl carbamates (subject to hydrolysis) is 2. The van der Waals surface area contributed by atoms with E-state index in [1.54, 1.807) is 88.3 Å². The number of amides is 5. The van der Waals surface area contributed by atoms with E-state index < -0.39 is 86.5 Å². The van der Waals surface area contributed by atoms with Crippen molar-refractivity contribution in [3.8, 4) is 17.2 Å². The zero-order chi connectivity index (χ0) is 71.3. The Balaban J connectivity index is 1.29. The van der Waals surface area contributed by atoms with Crippen LogP contribution in [0.4, 0.5) is 9.59 Å². The summed E-state index contributed by atoms with van der Waals surface area (Å²) in [6, 6.07) is 20.2. The number of guanidine groups is 2. The lowest BCUT2D eigenvalue weighted by atomic mass is 9.88. The van der Waals surface area contributed by atoms with Crippen molar-refractivity contribution in [1.29, 1.82) is 0 Å². The number of ether oxygens (including phenoxy) is 4. The number of phenolic OH excluding ortho intramolecular Hbond substituents is 1. The lowest BCUT2D eigenvalue weighted by molar-refractivity contribution is -0.145. The highest BCUT2D eigenvalue weighted by atomic mass is 32.2. The number of aliphatic imine (C=N–C) groups is 2. The molecular weight excluding hydrogens is 1240 g/mol. The molecule has 5 amide bonds. The molecule has 1 heterocycles. The molecule has 96 heavy (non-hydrogen) atoms. The van der Waals surface area contributed by atoms with E-state index in [-0.39, 0.29) is 61.3 Å². The Morgan fingerprint density at radius 2 is 1.28 bits per heavy atom. The standard InChI is InChI=1S/C73H104N10O12S/c1-44-39-51(40-45(2)60(44)84)42-58(79-64(86)57(41-50-28-32-55(33-29-50)92-70(7,8)9)76-36-22-18-19-23-37-78-67(80-68(88)94-71(10,11)12)81-69(89)95-72(13,14)15)65(87)83(49(6)53-31-30-52-25-20-21-26-54(52)43-53)59(63(74)85)27-24-38-77-66(75)82-96(90,91)62-47(4)46(3)61-56(48(62)5)34-35-73(16,17)93-61/h20-21,25-26,28-33,39-40,43,49,57-59,76,84H,18-19,22-24,27,34-38,41-42H2,1-17H3,(H2,74,85)(H,79,86)(H3,75,77,82)(H2,78,80,81,88,89)/t49-,57+,58+,59+/m1/s1. The topological polar surface area (TPSA) is 317 Å². The molecule has 0 saturated heterocycles. The molecule has 10 N–H and O–H groups in total. The second kappa shape index (κ2) is 32.5. The fraction of sp³-hybridized carbons (Fsp3) is 0.521. The van der Waals surface area contributed by atoms with Gasteiger partial charge < -0.3 is 51.1 Å². The van der Waals surface area contributed by atoms with Crippen LogP contribution in [0.2, 0.25) is 0 Å². The highest BCUT2D eigenvalue weighted by Gasteiger charge is 2.39. The van der Waals surface area contributed by atoms with Crippen LogP contribution in [-0.4, -0.2) is 120 Å². The monoisotopic (exact) mass is 1340 g/mol. The maximum Gasteiger partial charge on any atom is 0.414 e. The Labute approximate surface area is 567 Å². The number of carbonyl (C=O) groups excluding carboxylic acids is 5. The first-order valence-corrected chi connectivity index (χ1v) is 34.6. The number of rotatable bonds is 26. The number of hydrogen-bond donors (Lipinski definition) is 8. The molecule has 1 aliphatic rings. The molecule has 0 unspecified atom stereocenters. The normalized spacial score (nSPS) is 14.6. The van der Waals surface area contributed by atoms with Crippen LogP contribution in [0.1, 0.15) is 184 Å². The average Bonchev–Trinajstić information content (AvgIpc) is 0.750. The van der Waals surface area contributed by atoms with Gasteiger partial charge in [-0.15, -0.1) is 0 Å². The third-order valence-corrected chi connectivity index (χ3v) is 18.0. The molecule has 0 radical (unpaired) electrons. The van der Waals surface area contributed by atoms with Gasteiger partial charge in [0.05, 0.1) is 17.0 Å². The van der Waals surface area contributed by atoms with Gasteiger partial charge in [-0.3, -0.25) is 35.0 Å². The third kappa shape index (κ3) is 22.6. The molecule has 0 saturated carbocycles. The van der Waals surface area contributed by atoms with Crippen LogP contribution in [0.15, 0.2) is 93.7 Å². The third-order valence-electron chi connectivity index (χ3n) is 16.4. The van der Waals surface area contributed by atoms with Gasteiger partial charge in [0.2, 0.25) is 29.6 Å². The smallest absolute Gasteiger partial charge is 0.414 e. The lowest BCUT2D eigenvalue weighted by Gasteiger charge is -2.38. The predicted octanol–water partition coefficient (Wildman–Crippen LogP) is 11.1. The van der Waals surface area contributed by atoms with Crippen LogP contribution in [0, 0.1) is 34.6 Å². The second-order valence-corrected chi connectivity index (χ2v) is 30.3. The van der Waals surface area contributed by atoms with Crippen molar-refractivity contribution in [2.75, 3.05) is 19.6 Å². The maximum atomic E-state index is 16.1. The van der Waals surface area contributed by atoms with E-state index in [0.29, 0.717) is 89.9 Å². The number of nitrogens with one attached hydrogen (secondary N) is 5. The van der Waals surface area contributed by atoms with Crippen LogP contribution in [-0.2, 0) is 53.1 Å². The predicted molar refractivity (Wildman–Crippen MR) is 377 cm³/mol. The molecule has 0 fully saturated rings. The zero-order valence-electron chi connectivity index (χ0n) is 59.3.